The first kappa shape index (κ1) is 12.2. The number of carbonyl (C=O) groups is 1. The molecule has 88 valence electrons. The Morgan fingerprint density at radius 1 is 1.17 bits per heavy atom. The smallest absolute Gasteiger partial charge is 0.255 e. The molecule has 2 aromatic rings. The van der Waals surface area contributed by atoms with Gasteiger partial charge in [-0.1, -0.05) is 29.8 Å². The highest BCUT2D eigenvalue weighted by molar-refractivity contribution is 6.32. The van der Waals surface area contributed by atoms with E-state index in [9.17, 15) is 4.79 Å². The SMILES string of the molecule is N#Cc1ccc(NC(=O)c2ccccc2)cc1Cl. The number of nitrogens with zero attached hydrogens (tertiary/aromatic N) is 1. The molecule has 1 amide bonds. The molecule has 0 aliphatic rings. The average Bonchev–Trinajstić information content (AvgIpc) is 2.40. The Hall–Kier alpha value is -2.31. The molecular weight excluding hydrogens is 248 g/mol. The zero-order valence-electron chi connectivity index (χ0n) is 9.35. The van der Waals surface area contributed by atoms with Crippen molar-refractivity contribution in [3.8, 4) is 6.07 Å². The van der Waals surface area contributed by atoms with Crippen LogP contribution < -0.4 is 5.32 Å². The van der Waals surface area contributed by atoms with Crippen LogP contribution in [0, 0.1) is 11.3 Å². The van der Waals surface area contributed by atoms with Crippen molar-refractivity contribution in [2.24, 2.45) is 0 Å². The first-order valence-electron chi connectivity index (χ1n) is 5.27. The van der Waals surface area contributed by atoms with Gasteiger partial charge in [0.2, 0.25) is 0 Å². The van der Waals surface area contributed by atoms with Crippen molar-refractivity contribution in [2.75, 3.05) is 5.32 Å². The van der Waals surface area contributed by atoms with Crippen LogP contribution in [0.1, 0.15) is 15.9 Å². The number of halogens is 1. The maximum absolute atomic E-state index is 11.9. The quantitative estimate of drug-likeness (QED) is 0.895. The van der Waals surface area contributed by atoms with Crippen LogP contribution in [0.4, 0.5) is 5.69 Å². The van der Waals surface area contributed by atoms with Crippen LogP contribution in [0.25, 0.3) is 0 Å². The Bertz CT molecular complexity index is 617. The molecule has 0 spiro atoms. The molecule has 0 bridgehead atoms. The van der Waals surface area contributed by atoms with Gasteiger partial charge >= 0.3 is 0 Å². The molecule has 2 rings (SSSR count). The second-order valence-corrected chi connectivity index (χ2v) is 4.03. The minimum Gasteiger partial charge on any atom is -0.322 e. The number of nitriles is 1. The molecule has 4 heteroatoms. The maximum Gasteiger partial charge on any atom is 0.255 e. The van der Waals surface area contributed by atoms with Crippen molar-refractivity contribution in [3.05, 3.63) is 64.7 Å². The largest absolute Gasteiger partial charge is 0.322 e. The van der Waals surface area contributed by atoms with E-state index in [4.69, 9.17) is 16.9 Å². The molecule has 0 fully saturated rings. The van der Waals surface area contributed by atoms with Crippen molar-refractivity contribution in [3.63, 3.8) is 0 Å². The second-order valence-electron chi connectivity index (χ2n) is 3.63. The third kappa shape index (κ3) is 2.68. The van der Waals surface area contributed by atoms with E-state index < -0.39 is 0 Å². The number of anilines is 1. The maximum atomic E-state index is 11.9. The van der Waals surface area contributed by atoms with Gasteiger partial charge in [0.15, 0.2) is 0 Å². The standard InChI is InChI=1S/C14H9ClN2O/c15-13-8-12(7-6-11(13)9-16)17-14(18)10-4-2-1-3-5-10/h1-8H,(H,17,18). The van der Waals surface area contributed by atoms with Crippen molar-refractivity contribution in [1.29, 1.82) is 5.26 Å². The molecule has 1 N–H and O–H groups in total. The zero-order chi connectivity index (χ0) is 13.0. The summed E-state index contributed by atoms with van der Waals surface area (Å²) in [5.74, 6) is -0.212. The topological polar surface area (TPSA) is 52.9 Å². The Balaban J connectivity index is 2.18. The molecule has 18 heavy (non-hydrogen) atoms. The summed E-state index contributed by atoms with van der Waals surface area (Å²) < 4.78 is 0. The van der Waals surface area contributed by atoms with Gasteiger partial charge in [-0.2, -0.15) is 5.26 Å². The van der Waals surface area contributed by atoms with Gasteiger partial charge in [-0.3, -0.25) is 4.79 Å². The van der Waals surface area contributed by atoms with Crippen LogP contribution in [0.2, 0.25) is 5.02 Å². The lowest BCUT2D eigenvalue weighted by molar-refractivity contribution is 0.102. The molecule has 0 aliphatic heterocycles. The van der Waals surface area contributed by atoms with Crippen LogP contribution in [0.3, 0.4) is 0 Å². The molecule has 2 aromatic carbocycles. The molecule has 0 aromatic heterocycles. The van der Waals surface area contributed by atoms with Gasteiger partial charge in [0.05, 0.1) is 10.6 Å². The van der Waals surface area contributed by atoms with Gasteiger partial charge in [-0.05, 0) is 30.3 Å². The van der Waals surface area contributed by atoms with Crippen molar-refractivity contribution in [1.82, 2.24) is 0 Å². The number of hydrogen-bond acceptors (Lipinski definition) is 2. The number of nitrogens with one attached hydrogen (secondary N) is 1. The Morgan fingerprint density at radius 2 is 1.89 bits per heavy atom. The zero-order valence-corrected chi connectivity index (χ0v) is 10.1. The summed E-state index contributed by atoms with van der Waals surface area (Å²) in [5.41, 5.74) is 1.51. The van der Waals surface area contributed by atoms with Gasteiger partial charge in [0, 0.05) is 11.3 Å². The van der Waals surface area contributed by atoms with Crippen LogP contribution in [-0.2, 0) is 0 Å². The Labute approximate surface area is 110 Å². The number of hydrogen-bond donors (Lipinski definition) is 1. The average molecular weight is 257 g/mol. The Kier molecular flexibility index (Phi) is 3.61. The van der Waals surface area contributed by atoms with Crippen LogP contribution in [0.5, 0.6) is 0 Å². The van der Waals surface area contributed by atoms with Gasteiger partial charge in [0.25, 0.3) is 5.91 Å². The lowest BCUT2D eigenvalue weighted by Crippen LogP contribution is -2.11. The molecule has 0 atom stereocenters. The van der Waals surface area contributed by atoms with E-state index in [1.54, 1.807) is 42.5 Å². The van der Waals surface area contributed by atoms with Crippen LogP contribution in [-0.4, -0.2) is 5.91 Å². The lowest BCUT2D eigenvalue weighted by atomic mass is 10.2. The fourth-order valence-corrected chi connectivity index (χ4v) is 1.70. The predicted molar refractivity (Wildman–Crippen MR) is 70.6 cm³/mol. The van der Waals surface area contributed by atoms with Gasteiger partial charge in [-0.15, -0.1) is 0 Å². The number of rotatable bonds is 2. The van der Waals surface area contributed by atoms with Crippen molar-refractivity contribution in [2.45, 2.75) is 0 Å². The number of carbonyl (C=O) groups excluding carboxylic acids is 1. The minimum atomic E-state index is -0.212. The third-order valence-corrected chi connectivity index (χ3v) is 2.70. The fourth-order valence-electron chi connectivity index (χ4n) is 1.48. The lowest BCUT2D eigenvalue weighted by Gasteiger charge is -2.06. The Morgan fingerprint density at radius 3 is 2.50 bits per heavy atom. The van der Waals surface area contributed by atoms with Gasteiger partial charge < -0.3 is 5.32 Å². The molecule has 0 unspecified atom stereocenters. The highest BCUT2D eigenvalue weighted by Gasteiger charge is 2.06. The fraction of sp³-hybridized carbons (Fsp3) is 0. The monoisotopic (exact) mass is 256 g/mol. The summed E-state index contributed by atoms with van der Waals surface area (Å²) >= 11 is 5.89. The summed E-state index contributed by atoms with van der Waals surface area (Å²) in [6.07, 6.45) is 0. The summed E-state index contributed by atoms with van der Waals surface area (Å²) in [4.78, 5) is 11.9. The summed E-state index contributed by atoms with van der Waals surface area (Å²) in [7, 11) is 0. The summed E-state index contributed by atoms with van der Waals surface area (Å²) in [6.45, 7) is 0. The molecule has 0 aliphatic carbocycles. The van der Waals surface area contributed by atoms with E-state index in [1.807, 2.05) is 12.1 Å². The van der Waals surface area contributed by atoms with Crippen LogP contribution >= 0.6 is 11.6 Å². The van der Waals surface area contributed by atoms with E-state index in [1.165, 1.54) is 0 Å². The summed E-state index contributed by atoms with van der Waals surface area (Å²) in [6, 6.07) is 15.6. The van der Waals surface area contributed by atoms with E-state index >= 15 is 0 Å². The first-order chi connectivity index (χ1) is 8.70. The van der Waals surface area contributed by atoms with E-state index in [2.05, 4.69) is 5.32 Å². The van der Waals surface area contributed by atoms with E-state index in [0.29, 0.717) is 21.8 Å². The highest BCUT2D eigenvalue weighted by Crippen LogP contribution is 2.20. The third-order valence-electron chi connectivity index (χ3n) is 2.38. The first-order valence-corrected chi connectivity index (χ1v) is 5.64. The molecule has 0 radical (unpaired) electrons. The second kappa shape index (κ2) is 5.35. The van der Waals surface area contributed by atoms with E-state index in [0.717, 1.165) is 0 Å². The molecule has 0 saturated carbocycles. The number of amides is 1. The molecule has 0 saturated heterocycles. The number of benzene rings is 2. The predicted octanol–water partition coefficient (Wildman–Crippen LogP) is 3.46. The van der Waals surface area contributed by atoms with Gasteiger partial charge in [0.1, 0.15) is 6.07 Å². The normalized spacial score (nSPS) is 9.56. The van der Waals surface area contributed by atoms with Crippen LogP contribution in [0.15, 0.2) is 48.5 Å². The minimum absolute atomic E-state index is 0.212. The highest BCUT2D eigenvalue weighted by atomic mass is 35.5. The van der Waals surface area contributed by atoms with E-state index in [-0.39, 0.29) is 5.91 Å². The molecule has 3 nitrogen and oxygen atoms in total. The molecular formula is C14H9ClN2O. The summed E-state index contributed by atoms with van der Waals surface area (Å²) in [5, 5.41) is 11.8. The van der Waals surface area contributed by atoms with Crippen molar-refractivity contribution >= 4 is 23.2 Å². The van der Waals surface area contributed by atoms with Crippen molar-refractivity contribution < 1.29 is 4.79 Å². The van der Waals surface area contributed by atoms with Gasteiger partial charge in [-0.25, -0.2) is 0 Å². The molecule has 0 heterocycles.